The number of hydrogen-bond acceptors (Lipinski definition) is 0. The van der Waals surface area contributed by atoms with E-state index in [1.54, 1.807) is 16.7 Å². The Balaban J connectivity index is 1.30. The molecular formula is C31H38. The van der Waals surface area contributed by atoms with Crippen LogP contribution in [0.4, 0.5) is 0 Å². The third-order valence-electron chi connectivity index (χ3n) is 10.7. The first-order chi connectivity index (χ1) is 15.0. The quantitative estimate of drug-likeness (QED) is 0.407. The fourth-order valence-corrected chi connectivity index (χ4v) is 8.95. The van der Waals surface area contributed by atoms with Gasteiger partial charge in [0.15, 0.2) is 0 Å². The minimum Gasteiger partial charge on any atom is -0.0637 e. The molecule has 0 bridgehead atoms. The third kappa shape index (κ3) is 2.86. The van der Waals surface area contributed by atoms with E-state index in [0.717, 1.165) is 23.7 Å². The lowest BCUT2D eigenvalue weighted by molar-refractivity contribution is -0.0452. The molecule has 0 heteroatoms. The van der Waals surface area contributed by atoms with Crippen LogP contribution in [0, 0.1) is 34.5 Å². The fraction of sp³-hybridized carbons (Fsp3) is 0.548. The summed E-state index contributed by atoms with van der Waals surface area (Å²) in [7, 11) is 0. The second-order valence-electron chi connectivity index (χ2n) is 11.7. The highest BCUT2D eigenvalue weighted by Crippen LogP contribution is 2.68. The van der Waals surface area contributed by atoms with Crippen LogP contribution in [0.3, 0.4) is 0 Å². The number of allylic oxidation sites excluding steroid dienone is 14. The highest BCUT2D eigenvalue weighted by atomic mass is 14.6. The van der Waals surface area contributed by atoms with Gasteiger partial charge in [-0.3, -0.25) is 0 Å². The number of rotatable bonds is 1. The Bertz CT molecular complexity index is 977. The van der Waals surface area contributed by atoms with Crippen molar-refractivity contribution in [2.24, 2.45) is 34.5 Å². The molecule has 6 aliphatic rings. The molecule has 6 atom stereocenters. The molecule has 0 spiro atoms. The Kier molecular flexibility index (Phi) is 4.54. The molecule has 0 saturated heterocycles. The molecule has 162 valence electrons. The zero-order valence-electron chi connectivity index (χ0n) is 19.7. The Labute approximate surface area is 189 Å². The largest absolute Gasteiger partial charge is 0.0637 e. The maximum atomic E-state index is 2.67. The summed E-state index contributed by atoms with van der Waals surface area (Å²) in [5, 5.41) is 0. The van der Waals surface area contributed by atoms with Crippen molar-refractivity contribution >= 4 is 0 Å². The number of fused-ring (bicyclic) bond motifs is 5. The Morgan fingerprint density at radius 1 is 0.806 bits per heavy atom. The molecule has 0 aliphatic heterocycles. The second-order valence-corrected chi connectivity index (χ2v) is 11.7. The first kappa shape index (κ1) is 19.8. The van der Waals surface area contributed by atoms with Gasteiger partial charge in [-0.15, -0.1) is 0 Å². The summed E-state index contributed by atoms with van der Waals surface area (Å²) in [6.45, 7) is 7.76. The van der Waals surface area contributed by atoms with Crippen molar-refractivity contribution in [2.75, 3.05) is 0 Å². The molecule has 0 nitrogen and oxygen atoms in total. The van der Waals surface area contributed by atoms with Crippen LogP contribution >= 0.6 is 0 Å². The van der Waals surface area contributed by atoms with E-state index in [2.05, 4.69) is 75.5 Å². The standard InChI is InChI=1S/C31H38/c1-21(22-8-4-5-9-22)27-14-15-28-26-13-12-25-20-24(23-10-6-7-11-23)16-18-30(25,2)29(26)17-19-31(27,28)3/h4-11,20,26-29H,12-19H2,1-3H3/t26-,27+,28-,29-,30-,31+/m0/s1. The predicted molar refractivity (Wildman–Crippen MR) is 131 cm³/mol. The van der Waals surface area contributed by atoms with E-state index in [-0.39, 0.29) is 0 Å². The minimum atomic E-state index is 0.447. The van der Waals surface area contributed by atoms with Crippen molar-refractivity contribution in [3.05, 3.63) is 82.5 Å². The van der Waals surface area contributed by atoms with Crippen LogP contribution in [0.2, 0.25) is 0 Å². The molecule has 0 heterocycles. The van der Waals surface area contributed by atoms with Gasteiger partial charge in [0.1, 0.15) is 0 Å². The molecule has 0 aromatic rings. The molecule has 3 saturated carbocycles. The Hall–Kier alpha value is -1.82. The Morgan fingerprint density at radius 3 is 2.32 bits per heavy atom. The van der Waals surface area contributed by atoms with E-state index < -0.39 is 0 Å². The first-order valence-corrected chi connectivity index (χ1v) is 12.9. The first-order valence-electron chi connectivity index (χ1n) is 12.9. The smallest absolute Gasteiger partial charge is 0.00790 e. The van der Waals surface area contributed by atoms with Crippen molar-refractivity contribution in [3.8, 4) is 0 Å². The molecule has 0 unspecified atom stereocenters. The molecule has 0 amide bonds. The van der Waals surface area contributed by atoms with Gasteiger partial charge >= 0.3 is 0 Å². The SMILES string of the molecule is CC(=C1C=CC=C1)[C@H]1CC[C@H]2[C@@H]3CCC4=CC(=C5C=CC=C5)CC[C@]4(C)[C@H]3CC[C@]12C. The zero-order valence-corrected chi connectivity index (χ0v) is 19.7. The van der Waals surface area contributed by atoms with Crippen LogP contribution in [0.15, 0.2) is 82.5 Å². The topological polar surface area (TPSA) is 0 Å². The highest BCUT2D eigenvalue weighted by molar-refractivity contribution is 5.50. The van der Waals surface area contributed by atoms with E-state index in [1.165, 1.54) is 62.5 Å². The van der Waals surface area contributed by atoms with Gasteiger partial charge in [0, 0.05) is 0 Å². The molecule has 0 N–H and O–H groups in total. The van der Waals surface area contributed by atoms with E-state index >= 15 is 0 Å². The summed E-state index contributed by atoms with van der Waals surface area (Å²) < 4.78 is 0. The van der Waals surface area contributed by atoms with Crippen LogP contribution in [0.25, 0.3) is 0 Å². The van der Waals surface area contributed by atoms with Crippen LogP contribution in [-0.2, 0) is 0 Å². The summed E-state index contributed by atoms with van der Waals surface area (Å²) in [5.74, 6) is 3.57. The average Bonchev–Trinajstić information content (AvgIpc) is 3.52. The average molecular weight is 411 g/mol. The minimum absolute atomic E-state index is 0.447. The molecule has 0 aromatic heterocycles. The highest BCUT2D eigenvalue weighted by Gasteiger charge is 2.59. The van der Waals surface area contributed by atoms with E-state index in [9.17, 15) is 0 Å². The predicted octanol–water partition coefficient (Wildman–Crippen LogP) is 8.43. The van der Waals surface area contributed by atoms with E-state index in [0.29, 0.717) is 10.8 Å². The summed E-state index contributed by atoms with van der Waals surface area (Å²) in [6.07, 6.45) is 31.9. The van der Waals surface area contributed by atoms with Gasteiger partial charge in [0.25, 0.3) is 0 Å². The van der Waals surface area contributed by atoms with Gasteiger partial charge < -0.3 is 0 Å². The van der Waals surface area contributed by atoms with Crippen molar-refractivity contribution in [3.63, 3.8) is 0 Å². The van der Waals surface area contributed by atoms with Crippen molar-refractivity contribution < 1.29 is 0 Å². The maximum absolute atomic E-state index is 2.67. The van der Waals surface area contributed by atoms with E-state index in [1.807, 2.05) is 0 Å². The second kappa shape index (κ2) is 7.09. The lowest BCUT2D eigenvalue weighted by atomic mass is 9.46. The molecular weight excluding hydrogens is 372 g/mol. The van der Waals surface area contributed by atoms with Crippen molar-refractivity contribution in [2.45, 2.75) is 72.1 Å². The third-order valence-corrected chi connectivity index (χ3v) is 10.7. The van der Waals surface area contributed by atoms with Crippen LogP contribution < -0.4 is 0 Å². The van der Waals surface area contributed by atoms with Gasteiger partial charge in [-0.05, 0) is 110 Å². The van der Waals surface area contributed by atoms with Gasteiger partial charge in [0.2, 0.25) is 0 Å². The van der Waals surface area contributed by atoms with Crippen LogP contribution in [-0.4, -0.2) is 0 Å². The molecule has 6 rings (SSSR count). The molecule has 6 aliphatic carbocycles. The van der Waals surface area contributed by atoms with Crippen molar-refractivity contribution in [1.82, 2.24) is 0 Å². The normalized spacial score (nSPS) is 42.7. The Morgan fingerprint density at radius 2 is 1.55 bits per heavy atom. The van der Waals surface area contributed by atoms with Gasteiger partial charge in [0.05, 0.1) is 0 Å². The van der Waals surface area contributed by atoms with E-state index in [4.69, 9.17) is 0 Å². The molecule has 31 heavy (non-hydrogen) atoms. The molecule has 3 fully saturated rings. The van der Waals surface area contributed by atoms with Gasteiger partial charge in [-0.25, -0.2) is 0 Å². The van der Waals surface area contributed by atoms with Crippen molar-refractivity contribution in [1.29, 1.82) is 0 Å². The van der Waals surface area contributed by atoms with Gasteiger partial charge in [-0.2, -0.15) is 0 Å². The lowest BCUT2D eigenvalue weighted by Crippen LogP contribution is -2.50. The maximum Gasteiger partial charge on any atom is -0.00790 e. The zero-order chi connectivity index (χ0) is 21.2. The summed E-state index contributed by atoms with van der Waals surface area (Å²) in [5.41, 5.74) is 8.97. The van der Waals surface area contributed by atoms with Crippen LogP contribution in [0.1, 0.15) is 72.1 Å². The molecule has 0 aromatic carbocycles. The van der Waals surface area contributed by atoms with Gasteiger partial charge in [-0.1, -0.05) is 79.7 Å². The monoisotopic (exact) mass is 410 g/mol. The lowest BCUT2D eigenvalue weighted by Gasteiger charge is -2.58. The molecule has 0 radical (unpaired) electrons. The fourth-order valence-electron chi connectivity index (χ4n) is 8.95. The summed E-state index contributed by atoms with van der Waals surface area (Å²) >= 11 is 0. The summed E-state index contributed by atoms with van der Waals surface area (Å²) in [4.78, 5) is 0. The van der Waals surface area contributed by atoms with Crippen LogP contribution in [0.5, 0.6) is 0 Å². The number of hydrogen-bond donors (Lipinski definition) is 0. The summed E-state index contributed by atoms with van der Waals surface area (Å²) in [6, 6.07) is 0.